The Morgan fingerprint density at radius 3 is 2.33 bits per heavy atom. The zero-order chi connectivity index (χ0) is 21.5. The molecule has 2 aromatic carbocycles. The Morgan fingerprint density at radius 2 is 1.70 bits per heavy atom. The lowest BCUT2D eigenvalue weighted by atomic mass is 10.0. The first-order chi connectivity index (χ1) is 14.2. The minimum absolute atomic E-state index is 0.184. The van der Waals surface area contributed by atoms with E-state index in [1.54, 1.807) is 0 Å². The number of nitrogens with one attached hydrogen (secondary N) is 2. The standard InChI is InChI=1S/C23H23N3O4/c1-13(2)15-7-10-18-19(11-15)26-20(25-18)14-5-8-16(9-6-14)24-12-17-21(27)29-23(3,4)30-22(17)28/h5-13,24H,1-4H3,(H,25,26). The number of H-pyrrole nitrogens is 1. The zero-order valence-corrected chi connectivity index (χ0v) is 17.3. The summed E-state index contributed by atoms with van der Waals surface area (Å²) in [6.45, 7) is 7.33. The number of carbonyl (C=O) groups is 2. The number of esters is 2. The van der Waals surface area contributed by atoms with Gasteiger partial charge in [-0.25, -0.2) is 14.6 Å². The molecule has 1 aliphatic heterocycles. The SMILES string of the molecule is CC(C)c1ccc2nc(-c3ccc(NC=C4C(=O)OC(C)(C)OC4=O)cc3)[nH]c2c1. The maximum atomic E-state index is 12.0. The van der Waals surface area contributed by atoms with Crippen molar-refractivity contribution in [1.82, 2.24) is 9.97 Å². The fraction of sp³-hybridized carbons (Fsp3) is 0.261. The number of fused-ring (bicyclic) bond motifs is 1. The number of cyclic esters (lactones) is 2. The number of aromatic amines is 1. The van der Waals surface area contributed by atoms with Gasteiger partial charge in [-0.1, -0.05) is 19.9 Å². The number of ether oxygens (including phenoxy) is 2. The minimum atomic E-state index is -1.25. The molecule has 1 aliphatic rings. The van der Waals surface area contributed by atoms with Crippen molar-refractivity contribution in [1.29, 1.82) is 0 Å². The molecule has 0 saturated carbocycles. The lowest BCUT2D eigenvalue weighted by Crippen LogP contribution is -2.42. The van der Waals surface area contributed by atoms with Crippen molar-refractivity contribution in [2.24, 2.45) is 0 Å². The first-order valence-electron chi connectivity index (χ1n) is 9.75. The van der Waals surface area contributed by atoms with Gasteiger partial charge >= 0.3 is 11.9 Å². The van der Waals surface area contributed by atoms with Crippen LogP contribution in [0, 0.1) is 0 Å². The number of carbonyl (C=O) groups excluding carboxylic acids is 2. The lowest BCUT2D eigenvalue weighted by molar-refractivity contribution is -0.222. The Bertz CT molecular complexity index is 1130. The van der Waals surface area contributed by atoms with Crippen LogP contribution in [0.3, 0.4) is 0 Å². The molecule has 154 valence electrons. The quantitative estimate of drug-likeness (QED) is 0.378. The van der Waals surface area contributed by atoms with Crippen LogP contribution in [0.5, 0.6) is 0 Å². The van der Waals surface area contributed by atoms with E-state index in [0.29, 0.717) is 11.6 Å². The van der Waals surface area contributed by atoms with E-state index in [0.717, 1.165) is 22.4 Å². The van der Waals surface area contributed by atoms with Crippen molar-refractivity contribution in [3.05, 3.63) is 59.8 Å². The Balaban J connectivity index is 1.51. The first-order valence-corrected chi connectivity index (χ1v) is 9.75. The number of hydrogen-bond donors (Lipinski definition) is 2. The predicted molar refractivity (Wildman–Crippen MR) is 114 cm³/mol. The molecule has 0 atom stereocenters. The lowest BCUT2D eigenvalue weighted by Gasteiger charge is -2.29. The molecule has 0 amide bonds. The summed E-state index contributed by atoms with van der Waals surface area (Å²) in [5.41, 5.74) is 4.62. The van der Waals surface area contributed by atoms with Gasteiger partial charge in [-0.15, -0.1) is 0 Å². The van der Waals surface area contributed by atoms with Crippen molar-refractivity contribution in [3.8, 4) is 11.4 Å². The number of rotatable bonds is 4. The van der Waals surface area contributed by atoms with Crippen LogP contribution in [0.15, 0.2) is 54.2 Å². The number of nitrogens with zero attached hydrogens (tertiary/aromatic N) is 1. The highest BCUT2D eigenvalue weighted by molar-refractivity contribution is 6.15. The van der Waals surface area contributed by atoms with Crippen LogP contribution in [0.2, 0.25) is 0 Å². The van der Waals surface area contributed by atoms with E-state index in [1.807, 2.05) is 30.3 Å². The minimum Gasteiger partial charge on any atom is -0.419 e. The van der Waals surface area contributed by atoms with Gasteiger partial charge in [0.1, 0.15) is 5.82 Å². The van der Waals surface area contributed by atoms with Gasteiger partial charge in [0.05, 0.1) is 11.0 Å². The molecule has 0 aliphatic carbocycles. The zero-order valence-electron chi connectivity index (χ0n) is 17.3. The summed E-state index contributed by atoms with van der Waals surface area (Å²) in [6.07, 6.45) is 1.30. The Hall–Kier alpha value is -3.61. The molecule has 1 fully saturated rings. The second-order valence-electron chi connectivity index (χ2n) is 7.98. The fourth-order valence-electron chi connectivity index (χ4n) is 3.18. The average molecular weight is 405 g/mol. The number of aromatic nitrogens is 2. The largest absolute Gasteiger partial charge is 0.419 e. The van der Waals surface area contributed by atoms with Gasteiger partial charge in [0.2, 0.25) is 0 Å². The fourth-order valence-corrected chi connectivity index (χ4v) is 3.18. The van der Waals surface area contributed by atoms with Crippen molar-refractivity contribution in [3.63, 3.8) is 0 Å². The summed E-state index contributed by atoms with van der Waals surface area (Å²) < 4.78 is 10.1. The van der Waals surface area contributed by atoms with Crippen molar-refractivity contribution in [2.45, 2.75) is 39.4 Å². The predicted octanol–water partition coefficient (Wildman–Crippen LogP) is 4.49. The molecule has 1 aromatic heterocycles. The van der Waals surface area contributed by atoms with Crippen molar-refractivity contribution in [2.75, 3.05) is 5.32 Å². The molecule has 30 heavy (non-hydrogen) atoms. The Labute approximate surface area is 174 Å². The van der Waals surface area contributed by atoms with E-state index < -0.39 is 17.7 Å². The second-order valence-corrected chi connectivity index (χ2v) is 7.98. The third-order valence-corrected chi connectivity index (χ3v) is 4.83. The van der Waals surface area contributed by atoms with E-state index in [4.69, 9.17) is 9.47 Å². The van der Waals surface area contributed by atoms with Crippen LogP contribution in [-0.2, 0) is 19.1 Å². The number of anilines is 1. The van der Waals surface area contributed by atoms with Gasteiger partial charge < -0.3 is 19.8 Å². The highest BCUT2D eigenvalue weighted by Crippen LogP contribution is 2.26. The van der Waals surface area contributed by atoms with Crippen molar-refractivity contribution < 1.29 is 19.1 Å². The van der Waals surface area contributed by atoms with Gasteiger partial charge in [0.25, 0.3) is 5.79 Å². The summed E-state index contributed by atoms with van der Waals surface area (Å²) in [5, 5.41) is 2.93. The van der Waals surface area contributed by atoms with Gasteiger partial charge in [-0.3, -0.25) is 0 Å². The molecule has 2 heterocycles. The maximum Gasteiger partial charge on any atom is 0.350 e. The molecule has 7 heteroatoms. The first kappa shape index (κ1) is 19.7. The molecule has 0 spiro atoms. The molecule has 3 aromatic rings. The molecular weight excluding hydrogens is 382 g/mol. The van der Waals surface area contributed by atoms with E-state index in [1.165, 1.54) is 25.6 Å². The van der Waals surface area contributed by atoms with Crippen LogP contribution >= 0.6 is 0 Å². The maximum absolute atomic E-state index is 12.0. The van der Waals surface area contributed by atoms with Crippen molar-refractivity contribution >= 4 is 28.7 Å². The third kappa shape index (κ3) is 3.91. The molecule has 4 rings (SSSR count). The van der Waals surface area contributed by atoms with E-state index >= 15 is 0 Å². The second kappa shape index (κ2) is 7.33. The van der Waals surface area contributed by atoms with Gasteiger partial charge in [0.15, 0.2) is 5.57 Å². The van der Waals surface area contributed by atoms with Crippen LogP contribution in [0.1, 0.15) is 39.2 Å². The molecular formula is C23H23N3O4. The monoisotopic (exact) mass is 405 g/mol. The molecule has 0 radical (unpaired) electrons. The van der Waals surface area contributed by atoms with E-state index in [2.05, 4.69) is 41.3 Å². The topological polar surface area (TPSA) is 93.3 Å². The normalized spacial score (nSPS) is 15.8. The average Bonchev–Trinajstić information content (AvgIpc) is 3.10. The van der Waals surface area contributed by atoms with E-state index in [-0.39, 0.29) is 5.57 Å². The summed E-state index contributed by atoms with van der Waals surface area (Å²) in [6, 6.07) is 13.7. The highest BCUT2D eigenvalue weighted by Gasteiger charge is 2.38. The van der Waals surface area contributed by atoms with Gasteiger partial charge in [-0.05, 0) is 47.9 Å². The van der Waals surface area contributed by atoms with Crippen LogP contribution < -0.4 is 5.32 Å². The van der Waals surface area contributed by atoms with E-state index in [9.17, 15) is 9.59 Å². The molecule has 0 bridgehead atoms. The summed E-state index contributed by atoms with van der Waals surface area (Å²) in [4.78, 5) is 32.0. The summed E-state index contributed by atoms with van der Waals surface area (Å²) >= 11 is 0. The Kier molecular flexibility index (Phi) is 4.81. The summed E-state index contributed by atoms with van der Waals surface area (Å²) in [5.74, 6) is -1.47. The molecule has 7 nitrogen and oxygen atoms in total. The Morgan fingerprint density at radius 1 is 1.03 bits per heavy atom. The number of benzene rings is 2. The van der Waals surface area contributed by atoms with Gasteiger partial charge in [-0.2, -0.15) is 0 Å². The summed E-state index contributed by atoms with van der Waals surface area (Å²) in [7, 11) is 0. The van der Waals surface area contributed by atoms with Crippen LogP contribution in [-0.4, -0.2) is 27.7 Å². The smallest absolute Gasteiger partial charge is 0.350 e. The number of hydrogen-bond acceptors (Lipinski definition) is 6. The molecule has 1 saturated heterocycles. The molecule has 2 N–H and O–H groups in total. The van der Waals surface area contributed by atoms with Crippen LogP contribution in [0.4, 0.5) is 5.69 Å². The number of imidazole rings is 1. The van der Waals surface area contributed by atoms with Crippen LogP contribution in [0.25, 0.3) is 22.4 Å². The van der Waals surface area contributed by atoms with Gasteiger partial charge in [0, 0.05) is 31.3 Å². The highest BCUT2D eigenvalue weighted by atomic mass is 16.7. The molecule has 0 unspecified atom stereocenters. The third-order valence-electron chi connectivity index (χ3n) is 4.83.